The summed E-state index contributed by atoms with van der Waals surface area (Å²) in [5.41, 5.74) is 7.97. The minimum absolute atomic E-state index is 0.625. The summed E-state index contributed by atoms with van der Waals surface area (Å²) in [6.45, 7) is 2.32. The molecule has 0 fully saturated rings. The van der Waals surface area contributed by atoms with E-state index in [4.69, 9.17) is 15.5 Å². The van der Waals surface area contributed by atoms with Crippen LogP contribution in [0.5, 0.6) is 5.75 Å². The number of rotatable bonds is 8. The van der Waals surface area contributed by atoms with Crippen molar-refractivity contribution in [2.45, 2.75) is 25.8 Å². The molecule has 0 unspecified atom stereocenters. The number of hydrogen-bond donors (Lipinski definition) is 1. The van der Waals surface area contributed by atoms with Gasteiger partial charge in [0, 0.05) is 13.0 Å². The smallest absolute Gasteiger partial charge is 0.119 e. The first kappa shape index (κ1) is 15.6. The fourth-order valence-corrected chi connectivity index (χ4v) is 2.77. The number of ether oxygens (including phenoxy) is 1. The molecule has 0 saturated heterocycles. The van der Waals surface area contributed by atoms with Crippen molar-refractivity contribution in [2.75, 3.05) is 13.2 Å². The highest BCUT2D eigenvalue weighted by atomic mass is 16.5. The van der Waals surface area contributed by atoms with Crippen LogP contribution in [0.3, 0.4) is 0 Å². The number of nitrogens with two attached hydrogens (primary N) is 1. The number of para-hydroxylation sites is 3. The van der Waals surface area contributed by atoms with Crippen molar-refractivity contribution in [1.82, 2.24) is 9.55 Å². The summed E-state index contributed by atoms with van der Waals surface area (Å²) in [7, 11) is 0. The molecule has 1 heterocycles. The van der Waals surface area contributed by atoms with Crippen LogP contribution in [0.1, 0.15) is 18.7 Å². The molecule has 0 spiro atoms. The van der Waals surface area contributed by atoms with E-state index in [9.17, 15) is 0 Å². The molecule has 2 N–H and O–H groups in total. The minimum atomic E-state index is 0.625. The standard InChI is InChI=1S/C19H23N3O/c20-13-12-19-21-17-10-4-5-11-18(17)22(19)14-6-7-15-23-16-8-2-1-3-9-16/h1-5,8-11H,6-7,12-15,20H2. The summed E-state index contributed by atoms with van der Waals surface area (Å²) in [6, 6.07) is 18.2. The molecule has 0 bridgehead atoms. The average molecular weight is 309 g/mol. The number of aryl methyl sites for hydroxylation is 1. The molecule has 3 aromatic rings. The largest absolute Gasteiger partial charge is 0.494 e. The number of benzene rings is 2. The van der Waals surface area contributed by atoms with Crippen molar-refractivity contribution in [2.24, 2.45) is 5.73 Å². The number of aromatic nitrogens is 2. The van der Waals surface area contributed by atoms with Crippen LogP contribution in [0.2, 0.25) is 0 Å². The van der Waals surface area contributed by atoms with Crippen molar-refractivity contribution >= 4 is 11.0 Å². The molecule has 23 heavy (non-hydrogen) atoms. The molecule has 0 atom stereocenters. The minimum Gasteiger partial charge on any atom is -0.494 e. The Labute approximate surface area is 136 Å². The van der Waals surface area contributed by atoms with Gasteiger partial charge in [-0.3, -0.25) is 0 Å². The van der Waals surface area contributed by atoms with Crippen molar-refractivity contribution in [3.8, 4) is 5.75 Å². The van der Waals surface area contributed by atoms with Gasteiger partial charge in [0.2, 0.25) is 0 Å². The molecule has 3 rings (SSSR count). The zero-order valence-corrected chi connectivity index (χ0v) is 13.3. The third-order valence-electron chi connectivity index (χ3n) is 3.89. The Morgan fingerprint density at radius 1 is 0.957 bits per heavy atom. The second-order valence-electron chi connectivity index (χ2n) is 5.58. The first-order valence-corrected chi connectivity index (χ1v) is 8.20. The van der Waals surface area contributed by atoms with Crippen LogP contribution in [-0.2, 0) is 13.0 Å². The first-order valence-electron chi connectivity index (χ1n) is 8.20. The van der Waals surface area contributed by atoms with E-state index in [0.717, 1.165) is 49.5 Å². The Kier molecular flexibility index (Phi) is 5.27. The maximum atomic E-state index is 5.75. The summed E-state index contributed by atoms with van der Waals surface area (Å²) in [5.74, 6) is 2.02. The van der Waals surface area contributed by atoms with E-state index in [2.05, 4.69) is 22.8 Å². The van der Waals surface area contributed by atoms with Crippen molar-refractivity contribution in [1.29, 1.82) is 0 Å². The highest BCUT2D eigenvalue weighted by Gasteiger charge is 2.09. The lowest BCUT2D eigenvalue weighted by Crippen LogP contribution is -2.11. The zero-order chi connectivity index (χ0) is 15.9. The topological polar surface area (TPSA) is 53.1 Å². The van der Waals surface area contributed by atoms with Gasteiger partial charge in [-0.05, 0) is 43.7 Å². The molecular weight excluding hydrogens is 286 g/mol. The Morgan fingerprint density at radius 3 is 2.57 bits per heavy atom. The molecule has 0 amide bonds. The molecular formula is C19H23N3O. The van der Waals surface area contributed by atoms with Crippen LogP contribution in [0.15, 0.2) is 54.6 Å². The molecule has 0 saturated carbocycles. The lowest BCUT2D eigenvalue weighted by molar-refractivity contribution is 0.303. The quantitative estimate of drug-likeness (QED) is 0.649. The van der Waals surface area contributed by atoms with Crippen LogP contribution >= 0.6 is 0 Å². The fraction of sp³-hybridized carbons (Fsp3) is 0.316. The number of nitrogens with zero attached hydrogens (tertiary/aromatic N) is 2. The van der Waals surface area contributed by atoms with E-state index >= 15 is 0 Å². The summed E-state index contributed by atoms with van der Waals surface area (Å²) < 4.78 is 8.04. The Morgan fingerprint density at radius 2 is 1.74 bits per heavy atom. The molecule has 4 nitrogen and oxygen atoms in total. The predicted molar refractivity (Wildman–Crippen MR) is 93.7 cm³/mol. The van der Waals surface area contributed by atoms with Crippen LogP contribution in [0.25, 0.3) is 11.0 Å². The first-order chi connectivity index (χ1) is 11.4. The second kappa shape index (κ2) is 7.79. The number of unbranched alkanes of at least 4 members (excludes halogenated alkanes) is 1. The van der Waals surface area contributed by atoms with Gasteiger partial charge in [-0.2, -0.15) is 0 Å². The van der Waals surface area contributed by atoms with Crippen LogP contribution in [-0.4, -0.2) is 22.7 Å². The SMILES string of the molecule is NCCc1nc2ccccc2n1CCCCOc1ccccc1. The number of hydrogen-bond acceptors (Lipinski definition) is 3. The second-order valence-corrected chi connectivity index (χ2v) is 5.58. The van der Waals surface area contributed by atoms with Crippen LogP contribution in [0.4, 0.5) is 0 Å². The van der Waals surface area contributed by atoms with Gasteiger partial charge in [0.15, 0.2) is 0 Å². The van der Waals surface area contributed by atoms with Gasteiger partial charge in [-0.25, -0.2) is 4.98 Å². The van der Waals surface area contributed by atoms with Gasteiger partial charge >= 0.3 is 0 Å². The van der Waals surface area contributed by atoms with E-state index in [1.807, 2.05) is 36.4 Å². The molecule has 0 radical (unpaired) electrons. The van der Waals surface area contributed by atoms with Crippen molar-refractivity contribution < 1.29 is 4.74 Å². The van der Waals surface area contributed by atoms with Gasteiger partial charge < -0.3 is 15.0 Å². The number of imidazole rings is 1. The van der Waals surface area contributed by atoms with Gasteiger partial charge in [0.05, 0.1) is 17.6 Å². The monoisotopic (exact) mass is 309 g/mol. The Bertz CT molecular complexity index is 737. The Balaban J connectivity index is 1.57. The normalized spacial score (nSPS) is 11.0. The molecule has 0 aliphatic heterocycles. The van der Waals surface area contributed by atoms with Crippen LogP contribution in [0, 0.1) is 0 Å². The lowest BCUT2D eigenvalue weighted by atomic mass is 10.3. The van der Waals surface area contributed by atoms with E-state index in [-0.39, 0.29) is 0 Å². The molecule has 2 aromatic carbocycles. The maximum Gasteiger partial charge on any atom is 0.119 e. The predicted octanol–water partition coefficient (Wildman–Crippen LogP) is 3.40. The third kappa shape index (κ3) is 3.90. The summed E-state index contributed by atoms with van der Waals surface area (Å²) >= 11 is 0. The van der Waals surface area contributed by atoms with Gasteiger partial charge in [-0.1, -0.05) is 30.3 Å². The van der Waals surface area contributed by atoms with Gasteiger partial charge in [0.1, 0.15) is 11.6 Å². The van der Waals surface area contributed by atoms with Crippen molar-refractivity contribution in [3.63, 3.8) is 0 Å². The van der Waals surface area contributed by atoms with Gasteiger partial charge in [-0.15, -0.1) is 0 Å². The lowest BCUT2D eigenvalue weighted by Gasteiger charge is -2.09. The van der Waals surface area contributed by atoms with E-state index in [0.29, 0.717) is 6.54 Å². The van der Waals surface area contributed by atoms with E-state index in [1.165, 1.54) is 5.52 Å². The molecule has 0 aliphatic carbocycles. The average Bonchev–Trinajstić information content (AvgIpc) is 2.93. The van der Waals surface area contributed by atoms with E-state index < -0.39 is 0 Å². The van der Waals surface area contributed by atoms with Crippen molar-refractivity contribution in [3.05, 3.63) is 60.4 Å². The highest BCUT2D eigenvalue weighted by molar-refractivity contribution is 5.75. The summed E-state index contributed by atoms with van der Waals surface area (Å²) in [4.78, 5) is 4.70. The molecule has 120 valence electrons. The number of fused-ring (bicyclic) bond motifs is 1. The zero-order valence-electron chi connectivity index (χ0n) is 13.3. The summed E-state index contributed by atoms with van der Waals surface area (Å²) in [5, 5.41) is 0. The molecule has 0 aliphatic rings. The highest BCUT2D eigenvalue weighted by Crippen LogP contribution is 2.17. The fourth-order valence-electron chi connectivity index (χ4n) is 2.77. The third-order valence-corrected chi connectivity index (χ3v) is 3.89. The van der Waals surface area contributed by atoms with Crippen LogP contribution < -0.4 is 10.5 Å². The Hall–Kier alpha value is -2.33. The maximum absolute atomic E-state index is 5.75. The van der Waals surface area contributed by atoms with Gasteiger partial charge in [0.25, 0.3) is 0 Å². The van der Waals surface area contributed by atoms with E-state index in [1.54, 1.807) is 0 Å². The molecule has 1 aromatic heterocycles. The molecule has 4 heteroatoms. The summed E-state index contributed by atoms with van der Waals surface area (Å²) in [6.07, 6.45) is 2.89.